The molecule has 0 aliphatic rings. The number of ether oxygens (including phenoxy) is 1. The third kappa shape index (κ3) is 4.46. The minimum Gasteiger partial charge on any atom is -0.493 e. The van der Waals surface area contributed by atoms with E-state index in [1.54, 1.807) is 0 Å². The molecule has 0 atom stereocenters. The van der Waals surface area contributed by atoms with E-state index in [1.807, 2.05) is 30.3 Å². The Labute approximate surface area is 170 Å². The van der Waals surface area contributed by atoms with E-state index >= 15 is 0 Å². The van der Waals surface area contributed by atoms with Crippen LogP contribution in [0.2, 0.25) is 0 Å². The van der Waals surface area contributed by atoms with Gasteiger partial charge in [0.15, 0.2) is 0 Å². The lowest BCUT2D eigenvalue weighted by Gasteiger charge is -2.19. The molecule has 0 spiro atoms. The highest BCUT2D eigenvalue weighted by molar-refractivity contribution is 5.87. The van der Waals surface area contributed by atoms with Crippen molar-refractivity contribution in [1.29, 1.82) is 0 Å². The van der Waals surface area contributed by atoms with Crippen LogP contribution in [0.1, 0.15) is 24.8 Å². The van der Waals surface area contributed by atoms with Gasteiger partial charge < -0.3 is 9.15 Å². The van der Waals surface area contributed by atoms with Gasteiger partial charge in [-0.25, -0.2) is 0 Å². The zero-order valence-electron chi connectivity index (χ0n) is 16.8. The molecule has 0 saturated heterocycles. The average molecular weight is 387 g/mol. The van der Waals surface area contributed by atoms with Crippen LogP contribution < -0.4 is 4.74 Å². The summed E-state index contributed by atoms with van der Waals surface area (Å²) in [5.41, 5.74) is 2.11. The Bertz CT molecular complexity index is 1080. The summed E-state index contributed by atoms with van der Waals surface area (Å²) in [5, 5.41) is 10.8. The maximum Gasteiger partial charge on any atom is 0.247 e. The van der Waals surface area contributed by atoms with Gasteiger partial charge in [0.25, 0.3) is 0 Å². The fraction of sp³-hybridized carbons (Fsp3) is 0.250. The average Bonchev–Trinajstić information content (AvgIpc) is 3.22. The quantitative estimate of drug-likeness (QED) is 0.410. The number of fused-ring (bicyclic) bond motifs is 1. The van der Waals surface area contributed by atoms with E-state index in [-0.39, 0.29) is 0 Å². The summed E-state index contributed by atoms with van der Waals surface area (Å²) in [5.74, 6) is 2.08. The first-order valence-electron chi connectivity index (χ1n) is 9.94. The minimum atomic E-state index is 0.547. The highest BCUT2D eigenvalue weighted by atomic mass is 16.5. The maximum absolute atomic E-state index is 6.03. The standard InChI is InChI=1S/C24H25N3O2/c1-3-15-28-22-14-13-18-9-7-8-12-20(18)21(22)16-27(2)17-23-25-26-24(29-23)19-10-5-4-6-11-19/h4-14H,3,15-17H2,1-2H3. The first kappa shape index (κ1) is 19.2. The molecule has 0 radical (unpaired) electrons. The number of aromatic nitrogens is 2. The van der Waals surface area contributed by atoms with Gasteiger partial charge in [-0.1, -0.05) is 55.5 Å². The second-order valence-electron chi connectivity index (χ2n) is 7.15. The summed E-state index contributed by atoms with van der Waals surface area (Å²) in [6, 6.07) is 22.4. The zero-order chi connectivity index (χ0) is 20.1. The third-order valence-electron chi connectivity index (χ3n) is 4.78. The van der Waals surface area contributed by atoms with Crippen LogP contribution in [-0.4, -0.2) is 28.8 Å². The van der Waals surface area contributed by atoms with Crippen LogP contribution in [0.5, 0.6) is 5.75 Å². The molecule has 3 aromatic carbocycles. The molecule has 4 aromatic rings. The van der Waals surface area contributed by atoms with Gasteiger partial charge in [-0.3, -0.25) is 4.90 Å². The molecule has 0 amide bonds. The molecule has 0 bridgehead atoms. The zero-order valence-corrected chi connectivity index (χ0v) is 16.8. The predicted octanol–water partition coefficient (Wildman–Crippen LogP) is 5.31. The van der Waals surface area contributed by atoms with Crippen molar-refractivity contribution in [1.82, 2.24) is 15.1 Å². The molecule has 1 aromatic heterocycles. The Kier molecular flexibility index (Phi) is 5.86. The van der Waals surface area contributed by atoms with Gasteiger partial charge in [0.2, 0.25) is 11.8 Å². The van der Waals surface area contributed by atoms with Gasteiger partial charge in [0.1, 0.15) is 5.75 Å². The van der Waals surface area contributed by atoms with Gasteiger partial charge in [-0.2, -0.15) is 0 Å². The van der Waals surface area contributed by atoms with Crippen molar-refractivity contribution >= 4 is 10.8 Å². The van der Waals surface area contributed by atoms with E-state index in [1.165, 1.54) is 16.3 Å². The molecular formula is C24H25N3O2. The Morgan fingerprint density at radius 2 is 1.69 bits per heavy atom. The van der Waals surface area contributed by atoms with Crippen molar-refractivity contribution < 1.29 is 9.15 Å². The predicted molar refractivity (Wildman–Crippen MR) is 115 cm³/mol. The van der Waals surface area contributed by atoms with Crippen LogP contribution in [0.25, 0.3) is 22.2 Å². The van der Waals surface area contributed by atoms with Gasteiger partial charge in [-0.15, -0.1) is 10.2 Å². The lowest BCUT2D eigenvalue weighted by molar-refractivity contribution is 0.270. The molecule has 29 heavy (non-hydrogen) atoms. The summed E-state index contributed by atoms with van der Waals surface area (Å²) >= 11 is 0. The van der Waals surface area contributed by atoms with Gasteiger partial charge in [-0.05, 0) is 42.4 Å². The highest BCUT2D eigenvalue weighted by Crippen LogP contribution is 2.30. The van der Waals surface area contributed by atoms with Crippen molar-refractivity contribution in [3.63, 3.8) is 0 Å². The van der Waals surface area contributed by atoms with Crippen LogP contribution >= 0.6 is 0 Å². The monoisotopic (exact) mass is 387 g/mol. The summed E-state index contributed by atoms with van der Waals surface area (Å²) in [7, 11) is 2.05. The fourth-order valence-electron chi connectivity index (χ4n) is 3.40. The lowest BCUT2D eigenvalue weighted by Crippen LogP contribution is -2.18. The summed E-state index contributed by atoms with van der Waals surface area (Å²) in [6.45, 7) is 4.12. The normalized spacial score (nSPS) is 11.3. The van der Waals surface area contributed by atoms with Crippen molar-refractivity contribution in [3.05, 3.63) is 78.2 Å². The summed E-state index contributed by atoms with van der Waals surface area (Å²) < 4.78 is 11.9. The largest absolute Gasteiger partial charge is 0.493 e. The second-order valence-corrected chi connectivity index (χ2v) is 7.15. The molecule has 1 heterocycles. The van der Waals surface area contributed by atoms with E-state index in [2.05, 4.69) is 65.5 Å². The van der Waals surface area contributed by atoms with E-state index in [0.717, 1.165) is 24.3 Å². The van der Waals surface area contributed by atoms with Gasteiger partial charge in [0.05, 0.1) is 13.2 Å². The first-order valence-corrected chi connectivity index (χ1v) is 9.94. The number of hydrogen-bond acceptors (Lipinski definition) is 5. The molecule has 0 aliphatic carbocycles. The molecule has 5 nitrogen and oxygen atoms in total. The molecule has 5 heteroatoms. The highest BCUT2D eigenvalue weighted by Gasteiger charge is 2.15. The van der Waals surface area contributed by atoms with E-state index < -0.39 is 0 Å². The third-order valence-corrected chi connectivity index (χ3v) is 4.78. The number of benzene rings is 3. The van der Waals surface area contributed by atoms with Crippen molar-refractivity contribution in [2.45, 2.75) is 26.4 Å². The van der Waals surface area contributed by atoms with Crippen molar-refractivity contribution in [3.8, 4) is 17.2 Å². The van der Waals surface area contributed by atoms with E-state index in [0.29, 0.717) is 24.9 Å². The van der Waals surface area contributed by atoms with Crippen molar-refractivity contribution in [2.75, 3.05) is 13.7 Å². The Morgan fingerprint density at radius 1 is 0.897 bits per heavy atom. The lowest BCUT2D eigenvalue weighted by atomic mass is 10.0. The molecule has 0 unspecified atom stereocenters. The number of rotatable bonds is 8. The molecule has 0 saturated carbocycles. The van der Waals surface area contributed by atoms with Crippen LogP contribution in [0.3, 0.4) is 0 Å². The maximum atomic E-state index is 6.03. The summed E-state index contributed by atoms with van der Waals surface area (Å²) in [4.78, 5) is 2.17. The van der Waals surface area contributed by atoms with Crippen LogP contribution in [0.15, 0.2) is 71.1 Å². The van der Waals surface area contributed by atoms with E-state index in [4.69, 9.17) is 9.15 Å². The second kappa shape index (κ2) is 8.88. The molecule has 4 rings (SSSR count). The van der Waals surface area contributed by atoms with Crippen LogP contribution in [-0.2, 0) is 13.1 Å². The SMILES string of the molecule is CCCOc1ccc2ccccc2c1CN(C)Cc1nnc(-c2ccccc2)o1. The van der Waals surface area contributed by atoms with Crippen LogP contribution in [0.4, 0.5) is 0 Å². The molecule has 148 valence electrons. The molecule has 0 fully saturated rings. The Hall–Kier alpha value is -3.18. The first-order chi connectivity index (χ1) is 14.2. The van der Waals surface area contributed by atoms with Crippen molar-refractivity contribution in [2.24, 2.45) is 0 Å². The van der Waals surface area contributed by atoms with Gasteiger partial charge in [0, 0.05) is 17.7 Å². The Morgan fingerprint density at radius 3 is 2.52 bits per heavy atom. The minimum absolute atomic E-state index is 0.547. The number of nitrogens with zero attached hydrogens (tertiary/aromatic N) is 3. The molecule has 0 aliphatic heterocycles. The molecular weight excluding hydrogens is 362 g/mol. The topological polar surface area (TPSA) is 51.4 Å². The number of hydrogen-bond donors (Lipinski definition) is 0. The Balaban J connectivity index is 1.54. The van der Waals surface area contributed by atoms with E-state index in [9.17, 15) is 0 Å². The van der Waals surface area contributed by atoms with Crippen LogP contribution in [0, 0.1) is 0 Å². The summed E-state index contributed by atoms with van der Waals surface area (Å²) in [6.07, 6.45) is 0.979. The smallest absolute Gasteiger partial charge is 0.247 e. The van der Waals surface area contributed by atoms with Gasteiger partial charge >= 0.3 is 0 Å². The molecule has 0 N–H and O–H groups in total. The fourth-order valence-corrected chi connectivity index (χ4v) is 3.40.